The summed E-state index contributed by atoms with van der Waals surface area (Å²) in [5.74, 6) is 0.541. The van der Waals surface area contributed by atoms with Gasteiger partial charge in [-0.05, 0) is 46.5 Å². The molecule has 0 heterocycles. The molecule has 0 saturated carbocycles. The highest BCUT2D eigenvalue weighted by Gasteiger charge is 2.26. The fraction of sp³-hybridized carbons (Fsp3) is 0.231. The van der Waals surface area contributed by atoms with Gasteiger partial charge < -0.3 is 4.74 Å². The van der Waals surface area contributed by atoms with Gasteiger partial charge in [0, 0.05) is 10.8 Å². The minimum absolute atomic E-state index is 0.192. The average Bonchev–Trinajstić information content (AvgIpc) is 2.75. The Bertz CT molecular complexity index is 1100. The summed E-state index contributed by atoms with van der Waals surface area (Å²) in [7, 11) is 0. The van der Waals surface area contributed by atoms with Crippen LogP contribution in [0.5, 0.6) is 5.75 Å². The van der Waals surface area contributed by atoms with E-state index in [1.54, 1.807) is 12.3 Å². The third-order valence-electron chi connectivity index (χ3n) is 5.83. The molecule has 0 unspecified atom stereocenters. The van der Waals surface area contributed by atoms with Gasteiger partial charge in [0.25, 0.3) is 6.26 Å². The Morgan fingerprint density at radius 3 is 1.43 bits per heavy atom. The third kappa shape index (κ3) is 4.17. The highest BCUT2D eigenvalue weighted by atomic mass is 16.5. The molecule has 0 saturated heterocycles. The zero-order valence-electron chi connectivity index (χ0n) is 17.6. The summed E-state index contributed by atoms with van der Waals surface area (Å²) in [6, 6.07) is 24.0. The van der Waals surface area contributed by atoms with Gasteiger partial charge in [0.05, 0.1) is 5.69 Å². The van der Waals surface area contributed by atoms with E-state index in [1.165, 1.54) is 11.1 Å². The molecular weight excluding hydrogens is 372 g/mol. The third-order valence-corrected chi connectivity index (χ3v) is 5.83. The molecule has 0 bridgehead atoms. The van der Waals surface area contributed by atoms with E-state index < -0.39 is 0 Å². The van der Waals surface area contributed by atoms with Crippen molar-refractivity contribution in [2.75, 3.05) is 0 Å². The van der Waals surface area contributed by atoms with Crippen LogP contribution in [0.3, 0.4) is 0 Å². The van der Waals surface area contributed by atoms with Gasteiger partial charge in [-0.3, -0.25) is 0 Å². The average molecular weight is 396 g/mol. The lowest BCUT2D eigenvalue weighted by atomic mass is 9.74. The summed E-state index contributed by atoms with van der Waals surface area (Å²) in [6.07, 6.45) is 3.27. The Morgan fingerprint density at radius 2 is 1.07 bits per heavy atom. The number of hydrogen-bond acceptors (Lipinski definition) is 4. The van der Waals surface area contributed by atoms with Gasteiger partial charge in [-0.25, -0.2) is 4.79 Å². The van der Waals surface area contributed by atoms with Crippen molar-refractivity contribution >= 4 is 11.8 Å². The highest BCUT2D eigenvalue weighted by molar-refractivity contribution is 5.51. The molecule has 0 amide bonds. The summed E-state index contributed by atoms with van der Waals surface area (Å²) in [5.41, 5.74) is 4.91. The van der Waals surface area contributed by atoms with Crippen LogP contribution in [0.2, 0.25) is 0 Å². The van der Waals surface area contributed by atoms with Crippen molar-refractivity contribution in [2.45, 2.75) is 38.5 Å². The van der Waals surface area contributed by atoms with Crippen molar-refractivity contribution in [3.63, 3.8) is 0 Å². The summed E-state index contributed by atoms with van der Waals surface area (Å²) in [6.45, 7) is 8.72. The molecule has 0 N–H and O–H groups in total. The van der Waals surface area contributed by atoms with Gasteiger partial charge in [-0.1, -0.05) is 76.2 Å². The Balaban J connectivity index is 1.87. The Labute approximate surface area is 177 Å². The number of nitriles is 1. The smallest absolute Gasteiger partial charge is 0.292 e. The van der Waals surface area contributed by atoms with Crippen molar-refractivity contribution in [3.05, 3.63) is 95.1 Å². The first-order chi connectivity index (χ1) is 14.3. The lowest BCUT2D eigenvalue weighted by Gasteiger charge is -2.29. The molecule has 4 heteroatoms. The summed E-state index contributed by atoms with van der Waals surface area (Å²) in [5, 5.41) is 8.65. The van der Waals surface area contributed by atoms with Crippen LogP contribution in [-0.2, 0) is 15.6 Å². The van der Waals surface area contributed by atoms with Crippen molar-refractivity contribution in [3.8, 4) is 12.0 Å². The minimum atomic E-state index is -0.192. The summed E-state index contributed by atoms with van der Waals surface area (Å²) >= 11 is 0. The molecule has 0 atom stereocenters. The lowest BCUT2D eigenvalue weighted by molar-refractivity contribution is 0.506. The van der Waals surface area contributed by atoms with E-state index in [4.69, 9.17) is 10.00 Å². The first kappa shape index (κ1) is 21.0. The van der Waals surface area contributed by atoms with Crippen LogP contribution in [-0.4, -0.2) is 6.08 Å². The zero-order chi connectivity index (χ0) is 21.8. The van der Waals surface area contributed by atoms with Crippen LogP contribution in [0.1, 0.15) is 49.9 Å². The maximum absolute atomic E-state index is 10.4. The fourth-order valence-electron chi connectivity index (χ4n) is 3.63. The number of benzene rings is 3. The van der Waals surface area contributed by atoms with Gasteiger partial charge in [-0.2, -0.15) is 4.99 Å². The minimum Gasteiger partial charge on any atom is -0.388 e. The number of rotatable bonds is 6. The van der Waals surface area contributed by atoms with Crippen LogP contribution in [0.15, 0.2) is 77.8 Å². The number of aliphatic imine (C=N–C) groups is 1. The Hall–Kier alpha value is -3.67. The zero-order valence-corrected chi connectivity index (χ0v) is 17.6. The Morgan fingerprint density at radius 1 is 0.700 bits per heavy atom. The predicted octanol–water partition coefficient (Wildman–Crippen LogP) is 6.17. The highest BCUT2D eigenvalue weighted by Crippen LogP contribution is 2.36. The number of isocyanates is 1. The molecule has 150 valence electrons. The molecule has 0 fully saturated rings. The van der Waals surface area contributed by atoms with Gasteiger partial charge in [-0.15, -0.1) is 5.26 Å². The molecular formula is C26H24N2O2. The number of ether oxygens (including phenoxy) is 1. The van der Waals surface area contributed by atoms with Gasteiger partial charge in [0.1, 0.15) is 5.75 Å². The first-order valence-corrected chi connectivity index (χ1v) is 9.75. The monoisotopic (exact) mass is 396 g/mol. The van der Waals surface area contributed by atoms with E-state index in [0.717, 1.165) is 11.1 Å². The number of hydrogen-bond donors (Lipinski definition) is 0. The maximum atomic E-state index is 10.4. The van der Waals surface area contributed by atoms with Gasteiger partial charge in [0.15, 0.2) is 0 Å². The second kappa shape index (κ2) is 8.37. The maximum Gasteiger partial charge on any atom is 0.292 e. The summed E-state index contributed by atoms with van der Waals surface area (Å²) in [4.78, 5) is 14.1. The van der Waals surface area contributed by atoms with E-state index in [0.29, 0.717) is 11.4 Å². The molecule has 0 aliphatic heterocycles. The number of nitrogens with zero attached hydrogens (tertiary/aromatic N) is 2. The molecule has 3 aromatic carbocycles. The van der Waals surface area contributed by atoms with Crippen LogP contribution in [0.4, 0.5) is 5.69 Å². The van der Waals surface area contributed by atoms with Crippen LogP contribution in [0.25, 0.3) is 0 Å². The quantitative estimate of drug-likeness (QED) is 0.284. The lowest BCUT2D eigenvalue weighted by Crippen LogP contribution is -2.21. The first-order valence-electron chi connectivity index (χ1n) is 9.75. The normalized spacial score (nSPS) is 11.3. The second-order valence-electron chi connectivity index (χ2n) is 8.30. The van der Waals surface area contributed by atoms with E-state index >= 15 is 0 Å². The molecule has 0 aromatic heterocycles. The van der Waals surface area contributed by atoms with E-state index in [9.17, 15) is 4.79 Å². The number of carbonyl (C=O) groups excluding carboxylic acids is 1. The molecule has 0 radical (unpaired) electrons. The molecule has 3 rings (SSSR count). The molecule has 4 nitrogen and oxygen atoms in total. The van der Waals surface area contributed by atoms with Gasteiger partial charge >= 0.3 is 0 Å². The Kier molecular flexibility index (Phi) is 5.87. The molecule has 0 aliphatic rings. The standard InChI is InChI=1S/C26H24N2O2/c1-25(2,21-9-13-23(14-10-21)28-18-29)19-5-7-20(8-6-19)26(3,4)22-11-15-24(16-12-22)30-17-27/h5-16H,1-4H3. The second-order valence-corrected chi connectivity index (χ2v) is 8.30. The van der Waals surface area contributed by atoms with Crippen molar-refractivity contribution in [2.24, 2.45) is 4.99 Å². The topological polar surface area (TPSA) is 62.4 Å². The van der Waals surface area contributed by atoms with E-state index in [-0.39, 0.29) is 10.8 Å². The molecule has 0 spiro atoms. The molecule has 30 heavy (non-hydrogen) atoms. The fourth-order valence-corrected chi connectivity index (χ4v) is 3.63. The van der Waals surface area contributed by atoms with E-state index in [1.807, 2.05) is 48.5 Å². The predicted molar refractivity (Wildman–Crippen MR) is 118 cm³/mol. The molecule has 3 aromatic rings. The van der Waals surface area contributed by atoms with E-state index in [2.05, 4.69) is 57.0 Å². The van der Waals surface area contributed by atoms with Crippen molar-refractivity contribution in [1.82, 2.24) is 0 Å². The van der Waals surface area contributed by atoms with Gasteiger partial charge in [0.2, 0.25) is 6.08 Å². The largest absolute Gasteiger partial charge is 0.388 e. The SMILES string of the molecule is CC(C)(c1ccc(N=C=O)cc1)c1ccc(C(C)(C)c2ccc(OC#N)cc2)cc1. The van der Waals surface area contributed by atoms with Crippen LogP contribution >= 0.6 is 0 Å². The van der Waals surface area contributed by atoms with Crippen LogP contribution in [0, 0.1) is 11.5 Å². The van der Waals surface area contributed by atoms with Crippen LogP contribution < -0.4 is 4.74 Å². The van der Waals surface area contributed by atoms with Crippen molar-refractivity contribution < 1.29 is 9.53 Å². The summed E-state index contributed by atoms with van der Waals surface area (Å²) < 4.78 is 4.88. The molecule has 0 aliphatic carbocycles. The van der Waals surface area contributed by atoms with Crippen molar-refractivity contribution in [1.29, 1.82) is 5.26 Å².